The number of hydrogen-bond acceptors (Lipinski definition) is 5. The Morgan fingerprint density at radius 2 is 1.68 bits per heavy atom. The van der Waals surface area contributed by atoms with Crippen LogP contribution in [0.3, 0.4) is 0 Å². The molecule has 0 saturated carbocycles. The molecule has 0 bridgehead atoms. The number of benzene rings is 2. The molecule has 0 spiro atoms. The van der Waals surface area contributed by atoms with Gasteiger partial charge in [0.15, 0.2) is 0 Å². The highest BCUT2D eigenvalue weighted by atomic mass is 16.4. The van der Waals surface area contributed by atoms with E-state index in [0.717, 1.165) is 28.2 Å². The number of aromatic nitrogens is 4. The smallest absolute Gasteiger partial charge is 0.247 e. The number of amides is 1. The molecule has 158 valence electrons. The molecule has 0 fully saturated rings. The first-order valence-corrected chi connectivity index (χ1v) is 10.2. The molecule has 0 unspecified atom stereocenters. The van der Waals surface area contributed by atoms with Gasteiger partial charge in [0.05, 0.1) is 11.4 Å². The average Bonchev–Trinajstić information content (AvgIpc) is 3.39. The van der Waals surface area contributed by atoms with Gasteiger partial charge in [-0.25, -0.2) is 4.68 Å². The molecule has 1 amide bonds. The SMILES string of the molecule is Cc1nn(-c2ccccc2)c(C)c1CN(C)C(=O)CCc1nnc(-c2ccccc2)o1. The van der Waals surface area contributed by atoms with Crippen molar-refractivity contribution in [1.29, 1.82) is 0 Å². The molecule has 4 rings (SSSR count). The van der Waals surface area contributed by atoms with Gasteiger partial charge in [0, 0.05) is 43.3 Å². The number of para-hydroxylation sites is 1. The molecule has 0 saturated heterocycles. The monoisotopic (exact) mass is 415 g/mol. The molecule has 0 N–H and O–H groups in total. The summed E-state index contributed by atoms with van der Waals surface area (Å²) in [6.07, 6.45) is 0.710. The fourth-order valence-electron chi connectivity index (χ4n) is 3.51. The van der Waals surface area contributed by atoms with Crippen LogP contribution >= 0.6 is 0 Å². The molecule has 0 aliphatic carbocycles. The van der Waals surface area contributed by atoms with Crippen LogP contribution in [0.25, 0.3) is 17.1 Å². The van der Waals surface area contributed by atoms with Crippen LogP contribution in [0.1, 0.15) is 29.3 Å². The molecule has 4 aromatic rings. The van der Waals surface area contributed by atoms with E-state index in [1.807, 2.05) is 86.2 Å². The van der Waals surface area contributed by atoms with E-state index in [4.69, 9.17) is 4.42 Å². The Morgan fingerprint density at radius 1 is 1.00 bits per heavy atom. The lowest BCUT2D eigenvalue weighted by Crippen LogP contribution is -2.27. The third-order valence-corrected chi connectivity index (χ3v) is 5.30. The zero-order chi connectivity index (χ0) is 21.8. The fourth-order valence-corrected chi connectivity index (χ4v) is 3.51. The van der Waals surface area contributed by atoms with Gasteiger partial charge in [-0.3, -0.25) is 4.79 Å². The molecule has 0 aliphatic rings. The highest BCUT2D eigenvalue weighted by molar-refractivity contribution is 5.76. The minimum absolute atomic E-state index is 0.0192. The van der Waals surface area contributed by atoms with Crippen molar-refractivity contribution in [3.05, 3.63) is 83.5 Å². The van der Waals surface area contributed by atoms with Gasteiger partial charge in [-0.1, -0.05) is 36.4 Å². The Labute approximate surface area is 181 Å². The summed E-state index contributed by atoms with van der Waals surface area (Å²) in [7, 11) is 1.81. The van der Waals surface area contributed by atoms with Gasteiger partial charge in [-0.2, -0.15) is 5.10 Å². The van der Waals surface area contributed by atoms with Crippen LogP contribution in [0.15, 0.2) is 65.1 Å². The maximum Gasteiger partial charge on any atom is 0.247 e. The normalized spacial score (nSPS) is 10.9. The fraction of sp³-hybridized carbons (Fsp3) is 0.250. The predicted molar refractivity (Wildman–Crippen MR) is 118 cm³/mol. The van der Waals surface area contributed by atoms with Crippen LogP contribution in [-0.2, 0) is 17.8 Å². The van der Waals surface area contributed by atoms with Gasteiger partial charge in [0.25, 0.3) is 0 Å². The first-order valence-electron chi connectivity index (χ1n) is 10.2. The third-order valence-electron chi connectivity index (χ3n) is 5.30. The van der Waals surface area contributed by atoms with E-state index >= 15 is 0 Å². The van der Waals surface area contributed by atoms with Gasteiger partial charge >= 0.3 is 0 Å². The van der Waals surface area contributed by atoms with Crippen molar-refractivity contribution in [1.82, 2.24) is 24.9 Å². The average molecular weight is 415 g/mol. The molecular formula is C24H25N5O2. The molecule has 31 heavy (non-hydrogen) atoms. The van der Waals surface area contributed by atoms with Crippen molar-refractivity contribution in [2.75, 3.05) is 7.05 Å². The van der Waals surface area contributed by atoms with Gasteiger partial charge in [-0.05, 0) is 38.1 Å². The number of aryl methyl sites for hydroxylation is 2. The summed E-state index contributed by atoms with van der Waals surface area (Å²) in [6, 6.07) is 19.6. The Balaban J connectivity index is 1.38. The van der Waals surface area contributed by atoms with Crippen molar-refractivity contribution < 1.29 is 9.21 Å². The lowest BCUT2D eigenvalue weighted by atomic mass is 10.1. The van der Waals surface area contributed by atoms with Crippen molar-refractivity contribution in [3.63, 3.8) is 0 Å². The molecule has 0 atom stereocenters. The molecule has 2 aromatic carbocycles. The van der Waals surface area contributed by atoms with Crippen LogP contribution in [0.4, 0.5) is 0 Å². The van der Waals surface area contributed by atoms with E-state index in [-0.39, 0.29) is 5.91 Å². The van der Waals surface area contributed by atoms with Gasteiger partial charge < -0.3 is 9.32 Å². The predicted octanol–water partition coefficient (Wildman–Crippen LogP) is 4.13. The van der Waals surface area contributed by atoms with Gasteiger partial charge in [0.2, 0.25) is 17.7 Å². The third kappa shape index (κ3) is 4.55. The molecule has 7 nitrogen and oxygen atoms in total. The van der Waals surface area contributed by atoms with E-state index in [9.17, 15) is 4.79 Å². The maximum atomic E-state index is 12.7. The van der Waals surface area contributed by atoms with Crippen molar-refractivity contribution in [3.8, 4) is 17.1 Å². The molecule has 2 heterocycles. The highest BCUT2D eigenvalue weighted by Gasteiger charge is 2.18. The quantitative estimate of drug-likeness (QED) is 0.454. The summed E-state index contributed by atoms with van der Waals surface area (Å²) in [5.74, 6) is 0.951. The topological polar surface area (TPSA) is 77.1 Å². The first kappa shape index (κ1) is 20.5. The van der Waals surface area contributed by atoms with E-state index in [1.54, 1.807) is 4.90 Å². The first-order chi connectivity index (χ1) is 15.0. The summed E-state index contributed by atoms with van der Waals surface area (Å²) in [5, 5.41) is 12.8. The zero-order valence-corrected chi connectivity index (χ0v) is 17.9. The van der Waals surface area contributed by atoms with Crippen molar-refractivity contribution >= 4 is 5.91 Å². The van der Waals surface area contributed by atoms with E-state index < -0.39 is 0 Å². The zero-order valence-electron chi connectivity index (χ0n) is 17.9. The van der Waals surface area contributed by atoms with Gasteiger partial charge in [-0.15, -0.1) is 10.2 Å². The molecule has 7 heteroatoms. The Kier molecular flexibility index (Phi) is 5.93. The molecule has 2 aromatic heterocycles. The summed E-state index contributed by atoms with van der Waals surface area (Å²) >= 11 is 0. The lowest BCUT2D eigenvalue weighted by molar-refractivity contribution is -0.130. The molecular weight excluding hydrogens is 390 g/mol. The molecule has 0 aliphatic heterocycles. The van der Waals surface area contributed by atoms with Crippen molar-refractivity contribution in [2.45, 2.75) is 33.2 Å². The second-order valence-electron chi connectivity index (χ2n) is 7.51. The summed E-state index contributed by atoms with van der Waals surface area (Å²) in [5.41, 5.74) is 4.89. The minimum Gasteiger partial charge on any atom is -0.421 e. The Morgan fingerprint density at radius 3 is 2.39 bits per heavy atom. The number of carbonyl (C=O) groups is 1. The van der Waals surface area contributed by atoms with Crippen LogP contribution < -0.4 is 0 Å². The standard InChI is InChI=1S/C24H25N5O2/c1-17-21(18(2)29(27-17)20-12-8-5-9-13-20)16-28(3)23(30)15-14-22-25-26-24(31-22)19-10-6-4-7-11-19/h4-13H,14-16H2,1-3H3. The second-order valence-corrected chi connectivity index (χ2v) is 7.51. The Bertz CT molecular complexity index is 1170. The minimum atomic E-state index is 0.0192. The van der Waals surface area contributed by atoms with E-state index in [2.05, 4.69) is 15.3 Å². The summed E-state index contributed by atoms with van der Waals surface area (Å²) < 4.78 is 7.63. The summed E-state index contributed by atoms with van der Waals surface area (Å²) in [6.45, 7) is 4.51. The van der Waals surface area contributed by atoms with Crippen LogP contribution in [0.5, 0.6) is 0 Å². The van der Waals surface area contributed by atoms with Gasteiger partial charge in [0.1, 0.15) is 0 Å². The number of rotatable bonds is 7. The largest absolute Gasteiger partial charge is 0.421 e. The van der Waals surface area contributed by atoms with E-state index in [0.29, 0.717) is 31.2 Å². The number of nitrogens with zero attached hydrogens (tertiary/aromatic N) is 5. The lowest BCUT2D eigenvalue weighted by Gasteiger charge is -2.17. The van der Waals surface area contributed by atoms with Crippen LogP contribution in [-0.4, -0.2) is 37.8 Å². The Hall–Kier alpha value is -3.74. The van der Waals surface area contributed by atoms with Crippen molar-refractivity contribution in [2.24, 2.45) is 0 Å². The number of carbonyl (C=O) groups excluding carboxylic acids is 1. The summed E-state index contributed by atoms with van der Waals surface area (Å²) in [4.78, 5) is 14.4. The second kappa shape index (κ2) is 8.95. The van der Waals surface area contributed by atoms with Crippen LogP contribution in [0.2, 0.25) is 0 Å². The maximum absolute atomic E-state index is 12.7. The highest BCUT2D eigenvalue weighted by Crippen LogP contribution is 2.20. The number of hydrogen-bond donors (Lipinski definition) is 0. The van der Waals surface area contributed by atoms with E-state index in [1.165, 1.54) is 0 Å². The van der Waals surface area contributed by atoms with Crippen LogP contribution in [0, 0.1) is 13.8 Å². The molecule has 0 radical (unpaired) electrons.